The van der Waals surface area contributed by atoms with E-state index in [0.29, 0.717) is 0 Å². The number of ether oxygens (including phenoxy) is 1. The molecule has 1 aliphatic rings. The Bertz CT molecular complexity index is 255. The summed E-state index contributed by atoms with van der Waals surface area (Å²) in [6, 6.07) is 0.279. The fourth-order valence-electron chi connectivity index (χ4n) is 2.00. The van der Waals surface area contributed by atoms with Gasteiger partial charge in [-0.3, -0.25) is 0 Å². The molecule has 1 saturated heterocycles. The maximum absolute atomic E-state index is 12.0. The van der Waals surface area contributed by atoms with Crippen LogP contribution in [0.15, 0.2) is 12.7 Å². The molecule has 1 fully saturated rings. The highest BCUT2D eigenvalue weighted by Crippen LogP contribution is 2.22. The van der Waals surface area contributed by atoms with Crippen LogP contribution < -0.4 is 0 Å². The quantitative estimate of drug-likeness (QED) is 0.674. The van der Waals surface area contributed by atoms with Crippen molar-refractivity contribution in [2.45, 2.75) is 58.1 Å². The topological polar surface area (TPSA) is 29.5 Å². The van der Waals surface area contributed by atoms with Crippen LogP contribution in [0.3, 0.4) is 0 Å². The van der Waals surface area contributed by atoms with E-state index in [2.05, 4.69) is 6.58 Å². The Labute approximate surface area is 98.5 Å². The highest BCUT2D eigenvalue weighted by molar-refractivity contribution is 5.68. The highest BCUT2D eigenvalue weighted by atomic mass is 16.6. The van der Waals surface area contributed by atoms with Crippen molar-refractivity contribution >= 4 is 6.09 Å². The Balaban J connectivity index is 2.60. The second-order valence-corrected chi connectivity index (χ2v) is 5.35. The molecule has 0 aromatic heterocycles. The van der Waals surface area contributed by atoms with E-state index >= 15 is 0 Å². The SMILES string of the molecule is C=CCC1CCCCN1C(=O)OC(C)(C)C. The van der Waals surface area contributed by atoms with Gasteiger partial charge in [-0.05, 0) is 46.5 Å². The van der Waals surface area contributed by atoms with Gasteiger partial charge in [0.05, 0.1) is 0 Å². The molecule has 0 aromatic carbocycles. The first-order chi connectivity index (χ1) is 7.44. The molecule has 1 unspecified atom stereocenters. The molecule has 0 radical (unpaired) electrons. The fraction of sp³-hybridized carbons (Fsp3) is 0.769. The van der Waals surface area contributed by atoms with E-state index in [1.165, 1.54) is 6.42 Å². The van der Waals surface area contributed by atoms with Crippen molar-refractivity contribution in [2.75, 3.05) is 6.54 Å². The van der Waals surface area contributed by atoms with Gasteiger partial charge in [-0.1, -0.05) is 6.08 Å². The molecule has 3 heteroatoms. The molecular weight excluding hydrogens is 202 g/mol. The number of likely N-dealkylation sites (tertiary alicyclic amines) is 1. The summed E-state index contributed by atoms with van der Waals surface area (Å²) < 4.78 is 5.41. The summed E-state index contributed by atoms with van der Waals surface area (Å²) in [5.41, 5.74) is -0.409. The summed E-state index contributed by atoms with van der Waals surface area (Å²) in [6.45, 7) is 10.3. The molecule has 0 saturated carbocycles. The number of piperidine rings is 1. The number of amides is 1. The molecule has 1 amide bonds. The lowest BCUT2D eigenvalue weighted by Crippen LogP contribution is -2.45. The summed E-state index contributed by atoms with van der Waals surface area (Å²) in [6.07, 6.45) is 5.89. The van der Waals surface area contributed by atoms with Crippen LogP contribution in [0.25, 0.3) is 0 Å². The monoisotopic (exact) mass is 225 g/mol. The van der Waals surface area contributed by atoms with Crippen LogP contribution in [-0.2, 0) is 4.74 Å². The molecule has 0 N–H and O–H groups in total. The van der Waals surface area contributed by atoms with Crippen molar-refractivity contribution in [1.29, 1.82) is 0 Å². The van der Waals surface area contributed by atoms with Gasteiger partial charge < -0.3 is 9.64 Å². The summed E-state index contributed by atoms with van der Waals surface area (Å²) in [5, 5.41) is 0. The second-order valence-electron chi connectivity index (χ2n) is 5.35. The normalized spacial score (nSPS) is 21.7. The van der Waals surface area contributed by atoms with Crippen LogP contribution in [0.2, 0.25) is 0 Å². The van der Waals surface area contributed by atoms with Gasteiger partial charge in [-0.15, -0.1) is 6.58 Å². The van der Waals surface area contributed by atoms with Crippen LogP contribution in [-0.4, -0.2) is 29.2 Å². The second kappa shape index (κ2) is 5.37. The van der Waals surface area contributed by atoms with Crippen molar-refractivity contribution in [3.05, 3.63) is 12.7 Å². The maximum Gasteiger partial charge on any atom is 0.410 e. The lowest BCUT2D eigenvalue weighted by atomic mass is 10.00. The van der Waals surface area contributed by atoms with Gasteiger partial charge in [0, 0.05) is 12.6 Å². The maximum atomic E-state index is 12.0. The molecule has 3 nitrogen and oxygen atoms in total. The molecule has 1 aliphatic heterocycles. The molecule has 0 aliphatic carbocycles. The van der Waals surface area contributed by atoms with Gasteiger partial charge in [0.25, 0.3) is 0 Å². The highest BCUT2D eigenvalue weighted by Gasteiger charge is 2.29. The van der Waals surface area contributed by atoms with E-state index in [1.807, 2.05) is 31.7 Å². The van der Waals surface area contributed by atoms with Gasteiger partial charge in [0.1, 0.15) is 5.60 Å². The number of rotatable bonds is 2. The molecule has 0 spiro atoms. The molecule has 92 valence electrons. The first-order valence-corrected chi connectivity index (χ1v) is 6.04. The van der Waals surface area contributed by atoms with Crippen molar-refractivity contribution in [3.8, 4) is 0 Å². The van der Waals surface area contributed by atoms with Crippen LogP contribution in [0.1, 0.15) is 46.5 Å². The van der Waals surface area contributed by atoms with Crippen LogP contribution in [0.4, 0.5) is 4.79 Å². The predicted molar refractivity (Wildman–Crippen MR) is 65.4 cm³/mol. The summed E-state index contributed by atoms with van der Waals surface area (Å²) in [5.74, 6) is 0. The minimum Gasteiger partial charge on any atom is -0.444 e. The molecule has 0 bridgehead atoms. The lowest BCUT2D eigenvalue weighted by Gasteiger charge is -2.36. The zero-order chi connectivity index (χ0) is 12.2. The first kappa shape index (κ1) is 13.1. The van der Waals surface area contributed by atoms with E-state index < -0.39 is 5.60 Å². The number of hydrogen-bond donors (Lipinski definition) is 0. The van der Waals surface area contributed by atoms with Crippen LogP contribution in [0.5, 0.6) is 0 Å². The van der Waals surface area contributed by atoms with Gasteiger partial charge in [-0.25, -0.2) is 4.79 Å². The predicted octanol–water partition coefficient (Wildman–Crippen LogP) is 3.35. The van der Waals surface area contributed by atoms with E-state index in [0.717, 1.165) is 25.8 Å². The Morgan fingerprint density at radius 2 is 2.19 bits per heavy atom. The Hall–Kier alpha value is -0.990. The van der Waals surface area contributed by atoms with E-state index in [4.69, 9.17) is 4.74 Å². The smallest absolute Gasteiger partial charge is 0.410 e. The molecule has 1 rings (SSSR count). The Morgan fingerprint density at radius 1 is 1.50 bits per heavy atom. The van der Waals surface area contributed by atoms with E-state index in [1.54, 1.807) is 0 Å². The van der Waals surface area contributed by atoms with Crippen LogP contribution >= 0.6 is 0 Å². The van der Waals surface area contributed by atoms with Crippen molar-refractivity contribution in [3.63, 3.8) is 0 Å². The number of carbonyl (C=O) groups excluding carboxylic acids is 1. The Morgan fingerprint density at radius 3 is 2.75 bits per heavy atom. The molecular formula is C13H23NO2. The van der Waals surface area contributed by atoms with Gasteiger partial charge >= 0.3 is 6.09 Å². The van der Waals surface area contributed by atoms with Crippen molar-refractivity contribution in [2.24, 2.45) is 0 Å². The third-order valence-corrected chi connectivity index (χ3v) is 2.69. The minimum atomic E-state index is -0.409. The zero-order valence-corrected chi connectivity index (χ0v) is 10.7. The number of hydrogen-bond acceptors (Lipinski definition) is 2. The van der Waals surface area contributed by atoms with Gasteiger partial charge in [0.15, 0.2) is 0 Å². The minimum absolute atomic E-state index is 0.181. The largest absolute Gasteiger partial charge is 0.444 e. The molecule has 1 heterocycles. The third kappa shape index (κ3) is 3.87. The molecule has 16 heavy (non-hydrogen) atoms. The average molecular weight is 225 g/mol. The fourth-order valence-corrected chi connectivity index (χ4v) is 2.00. The third-order valence-electron chi connectivity index (χ3n) is 2.69. The van der Waals surface area contributed by atoms with Crippen molar-refractivity contribution < 1.29 is 9.53 Å². The van der Waals surface area contributed by atoms with E-state index in [-0.39, 0.29) is 12.1 Å². The summed E-state index contributed by atoms with van der Waals surface area (Å²) in [4.78, 5) is 13.8. The standard InChI is InChI=1S/C13H23NO2/c1-5-8-11-9-6-7-10-14(11)12(15)16-13(2,3)4/h5,11H,1,6-10H2,2-4H3. The lowest BCUT2D eigenvalue weighted by molar-refractivity contribution is 0.0103. The van der Waals surface area contributed by atoms with Gasteiger partial charge in [0.2, 0.25) is 0 Å². The summed E-state index contributed by atoms with van der Waals surface area (Å²) >= 11 is 0. The summed E-state index contributed by atoms with van der Waals surface area (Å²) in [7, 11) is 0. The Kier molecular flexibility index (Phi) is 4.39. The van der Waals surface area contributed by atoms with Gasteiger partial charge in [-0.2, -0.15) is 0 Å². The molecule has 1 atom stereocenters. The molecule has 0 aromatic rings. The number of nitrogens with zero attached hydrogens (tertiary/aromatic N) is 1. The number of carbonyl (C=O) groups is 1. The first-order valence-electron chi connectivity index (χ1n) is 6.04. The zero-order valence-electron chi connectivity index (χ0n) is 10.7. The van der Waals surface area contributed by atoms with Crippen molar-refractivity contribution in [1.82, 2.24) is 4.90 Å². The van der Waals surface area contributed by atoms with Crippen LogP contribution in [0, 0.1) is 0 Å². The van der Waals surface area contributed by atoms with E-state index in [9.17, 15) is 4.79 Å². The average Bonchev–Trinajstić information content (AvgIpc) is 2.16.